The molecule has 0 radical (unpaired) electrons. The number of halogens is 1. The lowest BCUT2D eigenvalue weighted by Crippen LogP contribution is -2.28. The summed E-state index contributed by atoms with van der Waals surface area (Å²) >= 11 is 0. The number of hydrogen-bond acceptors (Lipinski definition) is 2. The summed E-state index contributed by atoms with van der Waals surface area (Å²) in [6, 6.07) is 123. The third-order valence-electron chi connectivity index (χ3n) is 19.3. The molecular formula is C90H63FN2. The Labute approximate surface area is 544 Å². The molecular weight excluding hydrogens is 1130 g/mol. The van der Waals surface area contributed by atoms with Crippen LogP contribution in [-0.2, 0) is 10.8 Å². The predicted octanol–water partition coefficient (Wildman–Crippen LogP) is 23.8. The van der Waals surface area contributed by atoms with Crippen LogP contribution in [0.3, 0.4) is 0 Å². The molecule has 0 bridgehead atoms. The van der Waals surface area contributed by atoms with Gasteiger partial charge in [0, 0.05) is 39.7 Å². The Morgan fingerprint density at radius 1 is 0.237 bits per heavy atom. The van der Waals surface area contributed by atoms with Gasteiger partial charge in [0.25, 0.3) is 0 Å². The topological polar surface area (TPSA) is 6.48 Å². The number of benzene rings is 14. The minimum atomic E-state index is -0.661. The van der Waals surface area contributed by atoms with Crippen molar-refractivity contribution in [1.29, 1.82) is 0 Å². The van der Waals surface area contributed by atoms with Gasteiger partial charge in [-0.3, -0.25) is 0 Å². The molecule has 2 aliphatic carbocycles. The van der Waals surface area contributed by atoms with E-state index in [0.29, 0.717) is 11.3 Å². The van der Waals surface area contributed by atoms with E-state index >= 15 is 4.39 Å². The van der Waals surface area contributed by atoms with Crippen molar-refractivity contribution in [2.45, 2.75) is 10.8 Å². The van der Waals surface area contributed by atoms with Crippen molar-refractivity contribution < 1.29 is 4.39 Å². The van der Waals surface area contributed by atoms with Crippen LogP contribution in [0, 0.1) is 5.82 Å². The zero-order chi connectivity index (χ0) is 62.5. The van der Waals surface area contributed by atoms with Crippen molar-refractivity contribution in [3.63, 3.8) is 0 Å². The Morgan fingerprint density at radius 2 is 0.527 bits per heavy atom. The highest BCUT2D eigenvalue weighted by Gasteiger charge is 2.48. The van der Waals surface area contributed by atoms with E-state index in [0.717, 1.165) is 89.6 Å². The fraction of sp³-hybridized carbons (Fsp3) is 0.0222. The van der Waals surface area contributed by atoms with E-state index < -0.39 is 10.8 Å². The Kier molecular flexibility index (Phi) is 14.2. The quantitative estimate of drug-likeness (QED) is 0.101. The highest BCUT2D eigenvalue weighted by atomic mass is 19.1. The molecule has 2 aliphatic rings. The molecule has 0 amide bonds. The first-order chi connectivity index (χ1) is 45.9. The Hall–Kier alpha value is -11.9. The van der Waals surface area contributed by atoms with Gasteiger partial charge in [-0.25, -0.2) is 4.39 Å². The standard InChI is InChI=1S/C90H63FN2/c1-3-62-33-43-71(44-34-62)89(69-25-13-7-14-26-69)84-31-19-17-29-80(84)82-57-54-76(59-86(82)89)92(73-47-37-66(38-48-73)64-21-9-5-10-22-64)74-51-41-68(42-52-74)79-56-53-78(61-88(79)91)93(75-49-39-67(40-50-75)65-23-11-6-12-24-65)77-55-58-83-81-30-18-20-32-85(81)90(87(83)60-77,70-27-15-8-16-28-70)72-45-35-63(4-2)36-46-72/h3-61H,1-2H2. The summed E-state index contributed by atoms with van der Waals surface area (Å²) in [5.74, 6) is -0.328. The minimum Gasteiger partial charge on any atom is -0.310 e. The molecule has 93 heavy (non-hydrogen) atoms. The Morgan fingerprint density at radius 3 is 0.914 bits per heavy atom. The second kappa shape index (κ2) is 23.5. The van der Waals surface area contributed by atoms with E-state index in [4.69, 9.17) is 0 Å². The molecule has 0 heterocycles. The second-order valence-electron chi connectivity index (χ2n) is 24.1. The van der Waals surface area contributed by atoms with Gasteiger partial charge in [0.2, 0.25) is 0 Å². The van der Waals surface area contributed by atoms with Gasteiger partial charge in [-0.2, -0.15) is 0 Å². The molecule has 14 aromatic rings. The summed E-state index contributed by atoms with van der Waals surface area (Å²) in [4.78, 5) is 4.53. The number of nitrogens with zero attached hydrogens (tertiary/aromatic N) is 2. The van der Waals surface area contributed by atoms with Crippen LogP contribution in [0.5, 0.6) is 0 Å². The molecule has 0 spiro atoms. The van der Waals surface area contributed by atoms with Gasteiger partial charge in [0.15, 0.2) is 0 Å². The first-order valence-electron chi connectivity index (χ1n) is 31.8. The lowest BCUT2D eigenvalue weighted by atomic mass is 9.67. The van der Waals surface area contributed by atoms with E-state index in [1.807, 2.05) is 24.3 Å². The van der Waals surface area contributed by atoms with Crippen molar-refractivity contribution in [2.75, 3.05) is 9.80 Å². The molecule has 0 saturated carbocycles. The third kappa shape index (κ3) is 9.47. The lowest BCUT2D eigenvalue weighted by Gasteiger charge is -2.35. The molecule has 0 fully saturated rings. The van der Waals surface area contributed by atoms with Crippen molar-refractivity contribution in [3.8, 4) is 55.6 Å². The second-order valence-corrected chi connectivity index (χ2v) is 24.1. The lowest BCUT2D eigenvalue weighted by molar-refractivity contribution is 0.631. The summed E-state index contributed by atoms with van der Waals surface area (Å²) in [5, 5.41) is 0. The van der Waals surface area contributed by atoms with E-state index in [-0.39, 0.29) is 5.82 Å². The number of hydrogen-bond donors (Lipinski definition) is 0. The van der Waals surface area contributed by atoms with Crippen LogP contribution in [0.4, 0.5) is 38.5 Å². The smallest absolute Gasteiger partial charge is 0.133 e. The normalized spacial score (nSPS) is 14.9. The maximum absolute atomic E-state index is 17.8. The first-order valence-corrected chi connectivity index (χ1v) is 31.8. The van der Waals surface area contributed by atoms with Crippen LogP contribution in [0.15, 0.2) is 359 Å². The fourth-order valence-electron chi connectivity index (χ4n) is 14.9. The number of rotatable bonds is 15. The van der Waals surface area contributed by atoms with Crippen molar-refractivity contribution in [1.82, 2.24) is 0 Å². The molecule has 3 heteroatoms. The molecule has 16 rings (SSSR count). The van der Waals surface area contributed by atoms with Crippen molar-refractivity contribution in [2.24, 2.45) is 0 Å². The number of anilines is 6. The Balaban J connectivity index is 0.817. The van der Waals surface area contributed by atoms with Crippen molar-refractivity contribution >= 4 is 46.3 Å². The first kappa shape index (κ1) is 56.3. The van der Waals surface area contributed by atoms with E-state index in [9.17, 15) is 0 Å². The van der Waals surface area contributed by atoms with Gasteiger partial charge < -0.3 is 9.80 Å². The van der Waals surface area contributed by atoms with E-state index in [2.05, 4.69) is 351 Å². The summed E-state index contributed by atoms with van der Waals surface area (Å²) < 4.78 is 17.8. The average Bonchev–Trinajstić information content (AvgIpc) is 1.56. The molecule has 0 saturated heterocycles. The van der Waals surface area contributed by atoms with Crippen LogP contribution in [-0.4, -0.2) is 0 Å². The van der Waals surface area contributed by atoms with Gasteiger partial charge in [0.1, 0.15) is 5.82 Å². The zero-order valence-corrected chi connectivity index (χ0v) is 51.3. The van der Waals surface area contributed by atoms with E-state index in [1.165, 1.54) is 44.5 Å². The van der Waals surface area contributed by atoms with Gasteiger partial charge >= 0.3 is 0 Å². The highest BCUT2D eigenvalue weighted by molar-refractivity contribution is 5.92. The molecule has 0 aromatic heterocycles. The number of fused-ring (bicyclic) bond motifs is 6. The average molecular weight is 1190 g/mol. The van der Waals surface area contributed by atoms with E-state index in [1.54, 1.807) is 6.07 Å². The van der Waals surface area contributed by atoms with Crippen LogP contribution < -0.4 is 9.80 Å². The zero-order valence-electron chi connectivity index (χ0n) is 51.3. The summed E-state index contributed by atoms with van der Waals surface area (Å²) in [6.07, 6.45) is 3.80. The third-order valence-corrected chi connectivity index (χ3v) is 19.3. The summed E-state index contributed by atoms with van der Waals surface area (Å²) in [7, 11) is 0. The van der Waals surface area contributed by atoms with Gasteiger partial charge in [-0.15, -0.1) is 0 Å². The molecule has 0 N–H and O–H groups in total. The highest BCUT2D eigenvalue weighted by Crippen LogP contribution is 2.59. The fourth-order valence-corrected chi connectivity index (χ4v) is 14.9. The predicted molar refractivity (Wildman–Crippen MR) is 387 cm³/mol. The minimum absolute atomic E-state index is 0.328. The molecule has 14 aromatic carbocycles. The Bertz CT molecular complexity index is 5080. The SMILES string of the molecule is C=Cc1ccc(C2(c3ccccc3)c3ccccc3-c3ccc(N(c4ccc(-c5ccccc5)cc4)c4ccc(-c5ccc(N(c6ccc(-c7ccccc7)cc6)c6ccc7c(c6)C(c6ccccc6)(c6ccc(C=C)cc6)c6ccccc6-7)cc5F)cc4)cc32)cc1. The van der Waals surface area contributed by atoms with Crippen LogP contribution in [0.25, 0.3) is 67.8 Å². The van der Waals surface area contributed by atoms with Crippen molar-refractivity contribution in [3.05, 3.63) is 420 Å². The monoisotopic (exact) mass is 1190 g/mol. The largest absolute Gasteiger partial charge is 0.310 e. The maximum Gasteiger partial charge on any atom is 0.133 e. The van der Waals surface area contributed by atoms with Gasteiger partial charge in [0.05, 0.1) is 10.8 Å². The molecule has 2 atom stereocenters. The molecule has 0 aliphatic heterocycles. The maximum atomic E-state index is 17.8. The van der Waals surface area contributed by atoms with Crippen LogP contribution in [0.2, 0.25) is 0 Å². The van der Waals surface area contributed by atoms with Crippen LogP contribution in [0.1, 0.15) is 55.6 Å². The molecule has 2 nitrogen and oxygen atoms in total. The summed E-state index contributed by atoms with van der Waals surface area (Å²) in [6.45, 7) is 8.18. The summed E-state index contributed by atoms with van der Waals surface area (Å²) in [5.41, 5.74) is 26.3. The van der Waals surface area contributed by atoms with Gasteiger partial charge in [-0.1, -0.05) is 292 Å². The van der Waals surface area contributed by atoms with Gasteiger partial charge in [-0.05, 0) is 185 Å². The molecule has 440 valence electrons. The van der Waals surface area contributed by atoms with Crippen LogP contribution >= 0.6 is 0 Å². The molecule has 2 unspecified atom stereocenters.